The highest BCUT2D eigenvalue weighted by Crippen LogP contribution is 2.53. The Kier molecular flexibility index (Phi) is 8.83. The van der Waals surface area contributed by atoms with Gasteiger partial charge in [0.15, 0.2) is 0 Å². The van der Waals surface area contributed by atoms with Gasteiger partial charge in [-0.15, -0.1) is 0 Å². The predicted molar refractivity (Wildman–Crippen MR) is 315 cm³/mol. The minimum absolute atomic E-state index is 0.130. The Morgan fingerprint density at radius 1 is 0.338 bits per heavy atom. The fourth-order valence-corrected chi connectivity index (χ4v) is 12.4. The summed E-state index contributed by atoms with van der Waals surface area (Å²) in [6.07, 6.45) is 0. The van der Waals surface area contributed by atoms with E-state index < -0.39 is 0 Å². The van der Waals surface area contributed by atoms with Crippen molar-refractivity contribution >= 4 is 132 Å². The first kappa shape index (κ1) is 42.7. The fraction of sp³-hybridized carbons (Fsp3) is 0.116. The van der Waals surface area contributed by atoms with Crippen molar-refractivity contribution in [1.29, 1.82) is 0 Å². The minimum atomic E-state index is -0.133. The zero-order valence-corrected chi connectivity index (χ0v) is 42.4. The van der Waals surface area contributed by atoms with Crippen LogP contribution in [0.3, 0.4) is 0 Å². The van der Waals surface area contributed by atoms with Gasteiger partial charge in [0.2, 0.25) is 0 Å². The number of para-hydroxylation sites is 4. The maximum Gasteiger partial charge on any atom is 0.146 e. The van der Waals surface area contributed by atoms with Crippen LogP contribution in [0.25, 0.3) is 98.0 Å². The minimum Gasteiger partial charge on any atom is -0.308 e. The van der Waals surface area contributed by atoms with Crippen molar-refractivity contribution < 1.29 is 0 Å². The Morgan fingerprint density at radius 2 is 0.730 bits per heavy atom. The van der Waals surface area contributed by atoms with Crippen LogP contribution in [0.5, 0.6) is 0 Å². The van der Waals surface area contributed by atoms with Crippen LogP contribution < -0.4 is 9.80 Å². The van der Waals surface area contributed by atoms with Crippen molar-refractivity contribution in [3.63, 3.8) is 0 Å². The van der Waals surface area contributed by atoms with Crippen LogP contribution in [-0.2, 0) is 10.8 Å². The third kappa shape index (κ3) is 6.01. The molecule has 0 bridgehead atoms. The molecule has 0 spiro atoms. The van der Waals surface area contributed by atoms with Gasteiger partial charge in [-0.25, -0.2) is 4.98 Å². The van der Waals surface area contributed by atoms with Crippen LogP contribution >= 0.6 is 0 Å². The molecule has 5 aromatic heterocycles. The lowest BCUT2D eigenvalue weighted by Crippen LogP contribution is -2.15. The summed E-state index contributed by atoms with van der Waals surface area (Å²) in [6.45, 7) is 14.0. The van der Waals surface area contributed by atoms with Crippen molar-refractivity contribution in [1.82, 2.24) is 13.8 Å². The van der Waals surface area contributed by atoms with Gasteiger partial charge in [0, 0.05) is 60.5 Å². The Hall–Kier alpha value is -8.93. The van der Waals surface area contributed by atoms with Crippen LogP contribution in [0.4, 0.5) is 34.1 Å². The van der Waals surface area contributed by atoms with E-state index in [4.69, 9.17) is 4.98 Å². The lowest BCUT2D eigenvalue weighted by molar-refractivity contribution is 0.591. The summed E-state index contributed by atoms with van der Waals surface area (Å²) >= 11 is 0. The molecule has 0 saturated heterocycles. The molecule has 5 heteroatoms. The number of aromatic nitrogens is 3. The molecule has 0 N–H and O–H groups in total. The van der Waals surface area contributed by atoms with E-state index in [0.717, 1.165) is 67.1 Å². The van der Waals surface area contributed by atoms with E-state index in [1.165, 1.54) is 76.2 Å². The Bertz CT molecular complexity index is 4330. The predicted octanol–water partition coefficient (Wildman–Crippen LogP) is 19.2. The number of nitrogens with zero attached hydrogens (tertiary/aromatic N) is 5. The maximum absolute atomic E-state index is 6.09. The summed E-state index contributed by atoms with van der Waals surface area (Å²) in [7, 11) is 0. The number of hydrogen-bond donors (Lipinski definition) is 0. The first-order valence-electron chi connectivity index (χ1n) is 26.0. The molecule has 74 heavy (non-hydrogen) atoms. The van der Waals surface area contributed by atoms with Crippen LogP contribution in [0.2, 0.25) is 0 Å². The lowest BCUT2D eigenvalue weighted by Gasteiger charge is -2.29. The fourth-order valence-electron chi connectivity index (χ4n) is 12.4. The molecule has 0 aliphatic rings. The number of anilines is 6. The SMILES string of the molecule is CC(C)(C)c1cc(N(c2ccccc2)c2ccccc2)c2c(c1)c1c3ccccc3cc3c4nc5c(cc4n2c31)c1cc2ccccc2c2c3cc(C(C)(C)C)cc(N(c4ccccc4)c4ccccc4)c3n5c12. The molecular formula is C69H53N5. The van der Waals surface area contributed by atoms with E-state index in [-0.39, 0.29) is 10.8 Å². The summed E-state index contributed by atoms with van der Waals surface area (Å²) in [4.78, 5) is 11.0. The van der Waals surface area contributed by atoms with Gasteiger partial charge in [0.25, 0.3) is 0 Å². The van der Waals surface area contributed by atoms with E-state index >= 15 is 0 Å². The van der Waals surface area contributed by atoms with Crippen molar-refractivity contribution in [2.75, 3.05) is 9.80 Å². The molecule has 0 fully saturated rings. The van der Waals surface area contributed by atoms with Crippen molar-refractivity contribution in [2.45, 2.75) is 52.4 Å². The quantitative estimate of drug-likeness (QED) is 0.166. The third-order valence-electron chi connectivity index (χ3n) is 15.9. The summed E-state index contributed by atoms with van der Waals surface area (Å²) < 4.78 is 5.10. The molecular weight excluding hydrogens is 899 g/mol. The highest BCUT2D eigenvalue weighted by atomic mass is 15.2. The molecule has 15 aromatic rings. The van der Waals surface area contributed by atoms with E-state index in [1.54, 1.807) is 0 Å². The van der Waals surface area contributed by atoms with Crippen LogP contribution in [0.15, 0.2) is 212 Å². The molecule has 0 saturated carbocycles. The van der Waals surface area contributed by atoms with E-state index in [9.17, 15) is 0 Å². The molecule has 5 heterocycles. The first-order chi connectivity index (χ1) is 36.0. The van der Waals surface area contributed by atoms with Crippen LogP contribution in [-0.4, -0.2) is 13.8 Å². The summed E-state index contributed by atoms with van der Waals surface area (Å²) in [5.41, 5.74) is 16.8. The zero-order valence-electron chi connectivity index (χ0n) is 42.4. The van der Waals surface area contributed by atoms with Gasteiger partial charge in [-0.3, -0.25) is 4.40 Å². The van der Waals surface area contributed by atoms with Crippen LogP contribution in [0.1, 0.15) is 52.7 Å². The molecule has 0 atom stereocenters. The molecule has 0 radical (unpaired) electrons. The van der Waals surface area contributed by atoms with Gasteiger partial charge in [0.1, 0.15) is 5.65 Å². The van der Waals surface area contributed by atoms with Crippen molar-refractivity contribution in [3.8, 4) is 0 Å². The average molecular weight is 952 g/mol. The van der Waals surface area contributed by atoms with Gasteiger partial charge >= 0.3 is 0 Å². The van der Waals surface area contributed by atoms with E-state index in [0.29, 0.717) is 0 Å². The summed E-state index contributed by atoms with van der Waals surface area (Å²) in [5, 5.41) is 13.4. The Morgan fingerprint density at radius 3 is 1.18 bits per heavy atom. The highest BCUT2D eigenvalue weighted by Gasteiger charge is 2.32. The third-order valence-corrected chi connectivity index (χ3v) is 15.9. The second kappa shape index (κ2) is 15.3. The number of fused-ring (bicyclic) bond motifs is 16. The molecule has 5 nitrogen and oxygen atoms in total. The zero-order chi connectivity index (χ0) is 49.8. The molecule has 0 aliphatic heterocycles. The molecule has 354 valence electrons. The Balaban J connectivity index is 1.17. The molecule has 0 unspecified atom stereocenters. The topological polar surface area (TPSA) is 28.2 Å². The lowest BCUT2D eigenvalue weighted by atomic mass is 9.85. The second-order valence-electron chi connectivity index (χ2n) is 22.4. The van der Waals surface area contributed by atoms with E-state index in [1.807, 2.05) is 0 Å². The van der Waals surface area contributed by atoms with Gasteiger partial charge in [-0.05, 0) is 134 Å². The number of rotatable bonds is 6. The van der Waals surface area contributed by atoms with Crippen LogP contribution in [0, 0.1) is 0 Å². The molecule has 0 aliphatic carbocycles. The first-order valence-corrected chi connectivity index (χ1v) is 26.0. The highest BCUT2D eigenvalue weighted by molar-refractivity contribution is 6.36. The van der Waals surface area contributed by atoms with Crippen molar-refractivity contribution in [2.24, 2.45) is 0 Å². The maximum atomic E-state index is 6.09. The molecule has 0 amide bonds. The van der Waals surface area contributed by atoms with Gasteiger partial charge in [0.05, 0.1) is 44.5 Å². The van der Waals surface area contributed by atoms with Gasteiger partial charge < -0.3 is 14.2 Å². The van der Waals surface area contributed by atoms with Gasteiger partial charge in [-0.2, -0.15) is 0 Å². The number of benzene rings is 10. The molecule has 15 rings (SSSR count). The number of pyridine rings is 1. The van der Waals surface area contributed by atoms with Gasteiger partial charge in [-0.1, -0.05) is 163 Å². The second-order valence-corrected chi connectivity index (χ2v) is 22.4. The largest absolute Gasteiger partial charge is 0.308 e. The summed E-state index contributed by atoms with van der Waals surface area (Å²) in [5.74, 6) is 0. The number of hydrogen-bond acceptors (Lipinski definition) is 3. The van der Waals surface area contributed by atoms with E-state index in [2.05, 4.69) is 272 Å². The average Bonchev–Trinajstić information content (AvgIpc) is 4.15. The van der Waals surface area contributed by atoms with Crippen molar-refractivity contribution in [3.05, 3.63) is 223 Å². The molecule has 10 aromatic carbocycles. The standard InChI is InChI=1S/C69H53N5/c1-68(2,3)44-37-54-61-51-34-22-20-24-43(51)36-56-62-57(73(66(56)61)63(54)58(39-44)71(46-25-11-7-12-26-46)47-27-13-8-14-28-47)41-53-52-35-42-23-19-21-33-50(42)60-55-38-45(69(4,5)6)40-59(64(55)74(65(52)60)67(53)70-62)72(48-29-15-9-16-30-48)49-31-17-10-18-32-49/h7-41H,1-6H3. The normalized spacial score (nSPS) is 12.7. The smallest absolute Gasteiger partial charge is 0.146 e. The Labute approximate surface area is 429 Å². The summed E-state index contributed by atoms with van der Waals surface area (Å²) in [6, 6.07) is 78.6. The monoisotopic (exact) mass is 951 g/mol.